The zero-order valence-corrected chi connectivity index (χ0v) is 10.2. The smallest absolute Gasteiger partial charge is 0.231 e. The van der Waals surface area contributed by atoms with Crippen molar-refractivity contribution in [3.8, 4) is 34.4 Å². The molecule has 0 amide bonds. The first-order chi connectivity index (χ1) is 9.33. The van der Waals surface area contributed by atoms with E-state index >= 15 is 0 Å². The van der Waals surface area contributed by atoms with Gasteiger partial charge in [0.15, 0.2) is 11.5 Å². The molecule has 0 aliphatic carbocycles. The van der Waals surface area contributed by atoms with Crippen LogP contribution in [0.1, 0.15) is 5.56 Å². The molecule has 3 rings (SSSR count). The van der Waals surface area contributed by atoms with Crippen molar-refractivity contribution in [2.45, 2.75) is 0 Å². The molecular formula is C14H10N2O3. The van der Waals surface area contributed by atoms with Crippen LogP contribution in [0.2, 0.25) is 0 Å². The maximum atomic E-state index is 9.16. The van der Waals surface area contributed by atoms with E-state index in [9.17, 15) is 0 Å². The Morgan fingerprint density at radius 2 is 2.05 bits per heavy atom. The molecule has 1 aliphatic heterocycles. The van der Waals surface area contributed by atoms with Gasteiger partial charge in [-0.15, -0.1) is 0 Å². The van der Waals surface area contributed by atoms with Crippen molar-refractivity contribution >= 4 is 0 Å². The molecule has 0 N–H and O–H groups in total. The second kappa shape index (κ2) is 4.50. The van der Waals surface area contributed by atoms with Gasteiger partial charge < -0.3 is 14.2 Å². The van der Waals surface area contributed by atoms with Crippen LogP contribution in [0.25, 0.3) is 11.1 Å². The summed E-state index contributed by atoms with van der Waals surface area (Å²) in [6.07, 6.45) is 3.22. The highest BCUT2D eigenvalue weighted by Gasteiger charge is 2.20. The van der Waals surface area contributed by atoms with Gasteiger partial charge >= 0.3 is 0 Å². The normalized spacial score (nSPS) is 12.0. The van der Waals surface area contributed by atoms with E-state index in [1.54, 1.807) is 37.7 Å². The average molecular weight is 254 g/mol. The quantitative estimate of drug-likeness (QED) is 0.823. The van der Waals surface area contributed by atoms with Gasteiger partial charge in [0.2, 0.25) is 6.79 Å². The summed E-state index contributed by atoms with van der Waals surface area (Å²) in [5.41, 5.74) is 2.00. The fourth-order valence-corrected chi connectivity index (χ4v) is 2.01. The van der Waals surface area contributed by atoms with Gasteiger partial charge in [-0.1, -0.05) is 0 Å². The number of hydrogen-bond acceptors (Lipinski definition) is 5. The van der Waals surface area contributed by atoms with Gasteiger partial charge in [-0.3, -0.25) is 4.98 Å². The summed E-state index contributed by atoms with van der Waals surface area (Å²) in [5, 5.41) is 9.16. The van der Waals surface area contributed by atoms with Gasteiger partial charge in [0.1, 0.15) is 5.75 Å². The molecule has 1 aliphatic rings. The number of hydrogen-bond donors (Lipinski definition) is 0. The van der Waals surface area contributed by atoms with E-state index in [0.29, 0.717) is 28.4 Å². The van der Waals surface area contributed by atoms with Crippen molar-refractivity contribution in [1.29, 1.82) is 5.26 Å². The lowest BCUT2D eigenvalue weighted by Gasteiger charge is -2.10. The zero-order valence-electron chi connectivity index (χ0n) is 10.2. The molecule has 0 spiro atoms. The number of nitriles is 1. The first-order valence-electron chi connectivity index (χ1n) is 5.65. The zero-order chi connectivity index (χ0) is 13.2. The number of methoxy groups -OCH3 is 1. The van der Waals surface area contributed by atoms with Crippen molar-refractivity contribution in [2.75, 3.05) is 13.9 Å². The van der Waals surface area contributed by atoms with E-state index in [1.807, 2.05) is 0 Å². The van der Waals surface area contributed by atoms with Crippen molar-refractivity contribution in [3.63, 3.8) is 0 Å². The molecule has 0 saturated heterocycles. The Balaban J connectivity index is 2.22. The molecule has 1 aromatic carbocycles. The fourth-order valence-electron chi connectivity index (χ4n) is 2.01. The number of fused-ring (bicyclic) bond motifs is 1. The minimum Gasteiger partial charge on any atom is -0.496 e. The molecule has 1 aromatic heterocycles. The van der Waals surface area contributed by atoms with Gasteiger partial charge in [-0.05, 0) is 12.1 Å². The number of benzene rings is 1. The average Bonchev–Trinajstić information content (AvgIpc) is 2.93. The number of rotatable bonds is 2. The second-order valence-corrected chi connectivity index (χ2v) is 3.94. The SMILES string of the molecule is COc1cc2c(cc1-c1cnccc1C#N)OCO2. The molecule has 5 nitrogen and oxygen atoms in total. The van der Waals surface area contributed by atoms with E-state index in [0.717, 1.165) is 5.56 Å². The molecule has 94 valence electrons. The Bertz CT molecular complexity index is 677. The first kappa shape index (κ1) is 11.4. The number of nitrogens with zero attached hydrogens (tertiary/aromatic N) is 2. The van der Waals surface area contributed by atoms with Crippen LogP contribution < -0.4 is 14.2 Å². The van der Waals surface area contributed by atoms with Gasteiger partial charge in [-0.25, -0.2) is 0 Å². The van der Waals surface area contributed by atoms with Crippen LogP contribution in [0.15, 0.2) is 30.6 Å². The topological polar surface area (TPSA) is 64.4 Å². The molecule has 0 bridgehead atoms. The van der Waals surface area contributed by atoms with Gasteiger partial charge in [0, 0.05) is 29.6 Å². The molecule has 0 saturated carbocycles. The Morgan fingerprint density at radius 3 is 2.79 bits per heavy atom. The van der Waals surface area contributed by atoms with Crippen LogP contribution in [0, 0.1) is 11.3 Å². The second-order valence-electron chi connectivity index (χ2n) is 3.94. The van der Waals surface area contributed by atoms with E-state index in [-0.39, 0.29) is 6.79 Å². The standard InChI is InChI=1S/C14H10N2O3/c1-17-12-5-14-13(18-8-19-14)4-10(12)11-7-16-3-2-9(11)6-15/h2-5,7H,8H2,1H3. The van der Waals surface area contributed by atoms with Gasteiger partial charge in [0.25, 0.3) is 0 Å². The lowest BCUT2D eigenvalue weighted by Crippen LogP contribution is -1.92. The van der Waals surface area contributed by atoms with Gasteiger partial charge in [0.05, 0.1) is 18.7 Å². The molecule has 2 aromatic rings. The molecule has 0 unspecified atom stereocenters. The Labute approximate surface area is 110 Å². The third kappa shape index (κ3) is 1.83. The van der Waals surface area contributed by atoms with Crippen LogP contribution >= 0.6 is 0 Å². The Kier molecular flexibility index (Phi) is 2.69. The maximum Gasteiger partial charge on any atom is 0.231 e. The van der Waals surface area contributed by atoms with Crippen molar-refractivity contribution < 1.29 is 14.2 Å². The summed E-state index contributed by atoms with van der Waals surface area (Å²) in [7, 11) is 1.57. The van der Waals surface area contributed by atoms with Crippen molar-refractivity contribution in [3.05, 3.63) is 36.2 Å². The number of aromatic nitrogens is 1. The first-order valence-corrected chi connectivity index (χ1v) is 5.65. The largest absolute Gasteiger partial charge is 0.496 e. The highest BCUT2D eigenvalue weighted by Crippen LogP contribution is 2.42. The van der Waals surface area contributed by atoms with Crippen molar-refractivity contribution in [2.24, 2.45) is 0 Å². The van der Waals surface area contributed by atoms with E-state index < -0.39 is 0 Å². The Hall–Kier alpha value is -2.74. The Morgan fingerprint density at radius 1 is 1.26 bits per heavy atom. The maximum absolute atomic E-state index is 9.16. The minimum atomic E-state index is 0.195. The van der Waals surface area contributed by atoms with Gasteiger partial charge in [-0.2, -0.15) is 5.26 Å². The molecule has 0 fully saturated rings. The monoisotopic (exact) mass is 254 g/mol. The van der Waals surface area contributed by atoms with Crippen LogP contribution in [0.4, 0.5) is 0 Å². The fraction of sp³-hybridized carbons (Fsp3) is 0.143. The summed E-state index contributed by atoms with van der Waals surface area (Å²) >= 11 is 0. The summed E-state index contributed by atoms with van der Waals surface area (Å²) in [4.78, 5) is 4.06. The molecule has 2 heterocycles. The predicted molar refractivity (Wildman–Crippen MR) is 67.1 cm³/mol. The predicted octanol–water partition coefficient (Wildman–Crippen LogP) is 2.36. The third-order valence-electron chi connectivity index (χ3n) is 2.93. The van der Waals surface area contributed by atoms with Crippen LogP contribution in [-0.2, 0) is 0 Å². The summed E-state index contributed by atoms with van der Waals surface area (Å²) in [6.45, 7) is 0.195. The number of pyridine rings is 1. The van der Waals surface area contributed by atoms with Crippen LogP contribution in [0.3, 0.4) is 0 Å². The summed E-state index contributed by atoms with van der Waals surface area (Å²) in [6, 6.07) is 7.37. The molecule has 5 heteroatoms. The van der Waals surface area contributed by atoms with Crippen LogP contribution in [-0.4, -0.2) is 18.9 Å². The molecule has 0 atom stereocenters. The molecular weight excluding hydrogens is 244 g/mol. The highest BCUT2D eigenvalue weighted by atomic mass is 16.7. The summed E-state index contributed by atoms with van der Waals surface area (Å²) < 4.78 is 16.0. The van der Waals surface area contributed by atoms with E-state index in [1.165, 1.54) is 0 Å². The molecule has 0 radical (unpaired) electrons. The number of ether oxygens (including phenoxy) is 3. The third-order valence-corrected chi connectivity index (χ3v) is 2.93. The highest BCUT2D eigenvalue weighted by molar-refractivity contribution is 5.78. The van der Waals surface area contributed by atoms with Crippen molar-refractivity contribution in [1.82, 2.24) is 4.98 Å². The molecule has 19 heavy (non-hydrogen) atoms. The minimum absolute atomic E-state index is 0.195. The van der Waals surface area contributed by atoms with Crippen LogP contribution in [0.5, 0.6) is 17.2 Å². The lowest BCUT2D eigenvalue weighted by atomic mass is 10.0. The van der Waals surface area contributed by atoms with E-state index in [2.05, 4.69) is 11.1 Å². The summed E-state index contributed by atoms with van der Waals surface area (Å²) in [5.74, 6) is 1.90. The lowest BCUT2D eigenvalue weighted by molar-refractivity contribution is 0.174. The van der Waals surface area contributed by atoms with E-state index in [4.69, 9.17) is 19.5 Å².